The highest BCUT2D eigenvalue weighted by Crippen LogP contribution is 2.28. The van der Waals surface area contributed by atoms with Crippen LogP contribution in [0.3, 0.4) is 0 Å². The van der Waals surface area contributed by atoms with E-state index in [9.17, 15) is 0 Å². The average molecular weight is 277 g/mol. The molecule has 4 nitrogen and oxygen atoms in total. The van der Waals surface area contributed by atoms with E-state index in [0.717, 1.165) is 28.3 Å². The lowest BCUT2D eigenvalue weighted by Gasteiger charge is -2.14. The maximum absolute atomic E-state index is 5.78. The van der Waals surface area contributed by atoms with Crippen LogP contribution in [-0.2, 0) is 4.84 Å². The van der Waals surface area contributed by atoms with Crippen molar-refractivity contribution in [2.45, 2.75) is 27.7 Å². The molecular formula is C16H23NO3. The monoisotopic (exact) mass is 277 g/mol. The van der Waals surface area contributed by atoms with Gasteiger partial charge in [-0.3, -0.25) is 0 Å². The van der Waals surface area contributed by atoms with Gasteiger partial charge in [0.05, 0.1) is 5.71 Å². The number of allylic oxidation sites excluding steroid dienone is 1. The second-order valence-electron chi connectivity index (χ2n) is 4.56. The fourth-order valence-corrected chi connectivity index (χ4v) is 1.82. The van der Waals surface area contributed by atoms with E-state index in [-0.39, 0.29) is 0 Å². The summed E-state index contributed by atoms with van der Waals surface area (Å²) in [4.78, 5) is 4.71. The minimum Gasteiger partial charge on any atom is -0.490 e. The van der Waals surface area contributed by atoms with Crippen LogP contribution in [0.15, 0.2) is 29.4 Å². The first-order valence-corrected chi connectivity index (χ1v) is 6.63. The SMILES string of the molecule is C/C=C/COc1cc(C)c(OC/C(C)=N/OC)c(C)c1. The largest absolute Gasteiger partial charge is 0.490 e. The van der Waals surface area contributed by atoms with Crippen molar-refractivity contribution in [3.05, 3.63) is 35.4 Å². The maximum atomic E-state index is 5.78. The van der Waals surface area contributed by atoms with Crippen LogP contribution in [0.5, 0.6) is 11.5 Å². The first-order valence-electron chi connectivity index (χ1n) is 6.63. The summed E-state index contributed by atoms with van der Waals surface area (Å²) in [5.41, 5.74) is 2.89. The molecule has 1 rings (SSSR count). The lowest BCUT2D eigenvalue weighted by atomic mass is 10.1. The molecule has 0 saturated carbocycles. The molecular weight excluding hydrogens is 254 g/mol. The quantitative estimate of drug-likeness (QED) is 0.434. The molecule has 1 aromatic carbocycles. The van der Waals surface area contributed by atoms with Crippen LogP contribution in [0.4, 0.5) is 0 Å². The second kappa shape index (κ2) is 8.25. The normalized spacial score (nSPS) is 11.8. The molecule has 0 aliphatic heterocycles. The molecule has 0 amide bonds. The summed E-state index contributed by atoms with van der Waals surface area (Å²) in [6, 6.07) is 3.96. The van der Waals surface area contributed by atoms with E-state index in [1.165, 1.54) is 7.11 Å². The Kier molecular flexibility index (Phi) is 6.64. The Morgan fingerprint density at radius 1 is 1.20 bits per heavy atom. The van der Waals surface area contributed by atoms with Crippen LogP contribution >= 0.6 is 0 Å². The molecule has 0 aliphatic carbocycles. The van der Waals surface area contributed by atoms with Gasteiger partial charge in [0.1, 0.15) is 31.8 Å². The molecule has 0 fully saturated rings. The molecule has 110 valence electrons. The van der Waals surface area contributed by atoms with Crippen molar-refractivity contribution >= 4 is 5.71 Å². The summed E-state index contributed by atoms with van der Waals surface area (Å²) in [5.74, 6) is 1.72. The van der Waals surface area contributed by atoms with Crippen LogP contribution in [0.1, 0.15) is 25.0 Å². The van der Waals surface area contributed by atoms with E-state index in [2.05, 4.69) is 5.16 Å². The Hall–Kier alpha value is -1.97. The predicted octanol–water partition coefficient (Wildman–Crippen LogP) is 3.66. The van der Waals surface area contributed by atoms with Crippen LogP contribution in [0, 0.1) is 13.8 Å². The number of hydrogen-bond acceptors (Lipinski definition) is 4. The number of benzene rings is 1. The zero-order valence-corrected chi connectivity index (χ0v) is 12.9. The number of rotatable bonds is 7. The van der Waals surface area contributed by atoms with E-state index in [0.29, 0.717) is 13.2 Å². The first-order chi connectivity index (χ1) is 9.58. The van der Waals surface area contributed by atoms with Gasteiger partial charge in [0.25, 0.3) is 0 Å². The lowest BCUT2D eigenvalue weighted by Crippen LogP contribution is -2.09. The van der Waals surface area contributed by atoms with Gasteiger partial charge in [-0.2, -0.15) is 0 Å². The number of ether oxygens (including phenoxy) is 2. The van der Waals surface area contributed by atoms with Gasteiger partial charge in [0.2, 0.25) is 0 Å². The summed E-state index contributed by atoms with van der Waals surface area (Å²) in [6.07, 6.45) is 3.94. The van der Waals surface area contributed by atoms with Gasteiger partial charge < -0.3 is 14.3 Å². The molecule has 20 heavy (non-hydrogen) atoms. The minimum atomic E-state index is 0.411. The average Bonchev–Trinajstić information content (AvgIpc) is 2.38. The van der Waals surface area contributed by atoms with Crippen LogP contribution < -0.4 is 9.47 Å². The van der Waals surface area contributed by atoms with Gasteiger partial charge in [0, 0.05) is 0 Å². The minimum absolute atomic E-state index is 0.411. The molecule has 0 atom stereocenters. The van der Waals surface area contributed by atoms with Gasteiger partial charge >= 0.3 is 0 Å². The van der Waals surface area contributed by atoms with Gasteiger partial charge in [-0.1, -0.05) is 17.3 Å². The Morgan fingerprint density at radius 2 is 1.85 bits per heavy atom. The molecule has 0 heterocycles. The predicted molar refractivity (Wildman–Crippen MR) is 81.8 cm³/mol. The van der Waals surface area contributed by atoms with E-state index >= 15 is 0 Å². The lowest BCUT2D eigenvalue weighted by molar-refractivity contribution is 0.209. The standard InChI is InChI=1S/C16H23NO3/c1-6-7-8-19-15-9-12(2)16(13(3)10-15)20-11-14(4)17-18-5/h6-7,9-10H,8,11H2,1-5H3/b7-6+,17-14+. The summed E-state index contributed by atoms with van der Waals surface area (Å²) in [6.45, 7) is 8.84. The van der Waals surface area contributed by atoms with E-state index in [1.807, 2.05) is 52.0 Å². The molecule has 0 aliphatic rings. The fraction of sp³-hybridized carbons (Fsp3) is 0.438. The Morgan fingerprint density at radius 3 is 2.40 bits per heavy atom. The van der Waals surface area contributed by atoms with E-state index in [4.69, 9.17) is 14.3 Å². The molecule has 0 spiro atoms. The molecule has 0 N–H and O–H groups in total. The van der Waals surface area contributed by atoms with Crippen molar-refractivity contribution in [1.29, 1.82) is 0 Å². The Bertz CT molecular complexity index is 469. The van der Waals surface area contributed by atoms with Gasteiger partial charge in [0.15, 0.2) is 0 Å². The Labute approximate surface area is 121 Å². The second-order valence-corrected chi connectivity index (χ2v) is 4.56. The van der Waals surface area contributed by atoms with Crippen molar-refractivity contribution in [3.63, 3.8) is 0 Å². The molecule has 1 aromatic rings. The van der Waals surface area contributed by atoms with Crippen LogP contribution in [0.2, 0.25) is 0 Å². The van der Waals surface area contributed by atoms with Gasteiger partial charge in [-0.05, 0) is 51.0 Å². The van der Waals surface area contributed by atoms with Crippen LogP contribution in [0.25, 0.3) is 0 Å². The fourth-order valence-electron chi connectivity index (χ4n) is 1.82. The zero-order chi connectivity index (χ0) is 15.0. The topological polar surface area (TPSA) is 40.0 Å². The van der Waals surface area contributed by atoms with Crippen molar-refractivity contribution in [2.24, 2.45) is 5.16 Å². The van der Waals surface area contributed by atoms with Crippen molar-refractivity contribution in [2.75, 3.05) is 20.3 Å². The zero-order valence-electron chi connectivity index (χ0n) is 12.9. The molecule has 0 aromatic heterocycles. The molecule has 4 heteroatoms. The Balaban J connectivity index is 2.76. The first kappa shape index (κ1) is 16.1. The summed E-state index contributed by atoms with van der Waals surface area (Å²) in [5, 5.41) is 3.83. The van der Waals surface area contributed by atoms with Crippen molar-refractivity contribution < 1.29 is 14.3 Å². The molecule has 0 unspecified atom stereocenters. The smallest absolute Gasteiger partial charge is 0.129 e. The molecule has 0 saturated heterocycles. The number of nitrogens with zero attached hydrogens (tertiary/aromatic N) is 1. The highest BCUT2D eigenvalue weighted by molar-refractivity contribution is 5.82. The summed E-state index contributed by atoms with van der Waals surface area (Å²) in [7, 11) is 1.52. The van der Waals surface area contributed by atoms with Crippen molar-refractivity contribution in [1.82, 2.24) is 0 Å². The number of oxime groups is 1. The third-order valence-corrected chi connectivity index (χ3v) is 2.69. The summed E-state index contributed by atoms with van der Waals surface area (Å²) >= 11 is 0. The molecule has 0 radical (unpaired) electrons. The van der Waals surface area contributed by atoms with Crippen molar-refractivity contribution in [3.8, 4) is 11.5 Å². The van der Waals surface area contributed by atoms with Gasteiger partial charge in [-0.15, -0.1) is 0 Å². The highest BCUT2D eigenvalue weighted by Gasteiger charge is 2.08. The van der Waals surface area contributed by atoms with Crippen LogP contribution in [-0.4, -0.2) is 26.0 Å². The van der Waals surface area contributed by atoms with E-state index < -0.39 is 0 Å². The van der Waals surface area contributed by atoms with Gasteiger partial charge in [-0.25, -0.2) is 0 Å². The maximum Gasteiger partial charge on any atom is 0.129 e. The summed E-state index contributed by atoms with van der Waals surface area (Å²) < 4.78 is 11.4. The highest BCUT2D eigenvalue weighted by atomic mass is 16.6. The number of hydrogen-bond donors (Lipinski definition) is 0. The number of aryl methyl sites for hydroxylation is 2. The van der Waals surface area contributed by atoms with E-state index in [1.54, 1.807) is 0 Å². The third kappa shape index (κ3) is 4.96. The molecule has 0 bridgehead atoms. The third-order valence-electron chi connectivity index (χ3n) is 2.69.